The number of Topliss-reactive ketones (excluding diaryl/α,β-unsaturated/α-hetero) is 1. The van der Waals surface area contributed by atoms with E-state index in [-0.39, 0.29) is 12.0 Å². The van der Waals surface area contributed by atoms with Gasteiger partial charge in [0.05, 0.1) is 19.6 Å². The van der Waals surface area contributed by atoms with Gasteiger partial charge < -0.3 is 44.5 Å². The molecule has 0 unspecified atom stereocenters. The largest absolute Gasteiger partial charge is 0.471 e. The van der Waals surface area contributed by atoms with Crippen molar-refractivity contribution in [1.29, 1.82) is 0 Å². The number of aliphatic hydroxyl groups excluding tert-OH is 4. The number of aliphatic hydroxyl groups is 5. The molecular formula is C17H24O11. The first kappa shape index (κ1) is 21.1. The Bertz CT molecular complexity index is 661. The van der Waals surface area contributed by atoms with Gasteiger partial charge in [0.1, 0.15) is 36.3 Å². The molecule has 0 spiro atoms. The van der Waals surface area contributed by atoms with Gasteiger partial charge in [0.2, 0.25) is 6.29 Å². The summed E-state index contributed by atoms with van der Waals surface area (Å²) < 4.78 is 20.9. The Kier molecular flexibility index (Phi) is 5.79. The molecule has 2 aliphatic heterocycles. The molecule has 9 atom stereocenters. The number of fused-ring (bicyclic) bond motifs is 1. The molecule has 11 heteroatoms. The van der Waals surface area contributed by atoms with Gasteiger partial charge in [-0.2, -0.15) is 0 Å². The van der Waals surface area contributed by atoms with E-state index in [9.17, 15) is 35.1 Å². The van der Waals surface area contributed by atoms with E-state index in [0.29, 0.717) is 0 Å². The highest BCUT2D eigenvalue weighted by atomic mass is 16.8. The predicted molar refractivity (Wildman–Crippen MR) is 87.1 cm³/mol. The Morgan fingerprint density at radius 3 is 2.54 bits per heavy atom. The van der Waals surface area contributed by atoms with Crippen LogP contribution in [0.15, 0.2) is 11.8 Å². The molecule has 3 aliphatic rings. The molecule has 1 saturated carbocycles. The van der Waals surface area contributed by atoms with E-state index in [1.807, 2.05) is 0 Å². The number of esters is 1. The molecule has 3 rings (SSSR count). The molecule has 5 N–H and O–H groups in total. The summed E-state index contributed by atoms with van der Waals surface area (Å²) in [6.07, 6.45) is -8.14. The second kappa shape index (κ2) is 7.67. The smallest absolute Gasteiger partial charge is 0.340 e. The van der Waals surface area contributed by atoms with Crippen molar-refractivity contribution in [3.8, 4) is 0 Å². The number of rotatable bonds is 4. The van der Waals surface area contributed by atoms with Gasteiger partial charge in [0.15, 0.2) is 17.7 Å². The topological polar surface area (TPSA) is 172 Å². The first-order valence-electron chi connectivity index (χ1n) is 8.82. The van der Waals surface area contributed by atoms with Crippen molar-refractivity contribution in [3.63, 3.8) is 0 Å². The fourth-order valence-corrected chi connectivity index (χ4v) is 4.02. The number of hydrogen-bond donors (Lipinski definition) is 5. The molecule has 0 radical (unpaired) electrons. The molecule has 0 aromatic heterocycles. The molecule has 1 saturated heterocycles. The Morgan fingerprint density at radius 1 is 1.25 bits per heavy atom. The van der Waals surface area contributed by atoms with Gasteiger partial charge in [-0.1, -0.05) is 6.92 Å². The average molecular weight is 404 g/mol. The van der Waals surface area contributed by atoms with Crippen LogP contribution in [0.1, 0.15) is 13.3 Å². The van der Waals surface area contributed by atoms with Crippen molar-refractivity contribution in [2.45, 2.75) is 55.9 Å². The Hall–Kier alpha value is -1.60. The van der Waals surface area contributed by atoms with Crippen LogP contribution in [-0.2, 0) is 28.5 Å². The van der Waals surface area contributed by atoms with E-state index >= 15 is 0 Å². The fraction of sp³-hybridized carbons (Fsp3) is 0.765. The zero-order chi connectivity index (χ0) is 20.8. The maximum Gasteiger partial charge on any atom is 0.340 e. The Balaban J connectivity index is 1.88. The molecule has 28 heavy (non-hydrogen) atoms. The highest BCUT2D eigenvalue weighted by Crippen LogP contribution is 2.48. The van der Waals surface area contributed by atoms with Crippen LogP contribution in [0.5, 0.6) is 0 Å². The molecule has 0 aromatic rings. The monoisotopic (exact) mass is 404 g/mol. The van der Waals surface area contributed by atoms with Crippen LogP contribution in [-0.4, -0.2) is 93.6 Å². The number of carbonyl (C=O) groups excluding carboxylic acids is 2. The van der Waals surface area contributed by atoms with Gasteiger partial charge in [-0.15, -0.1) is 0 Å². The van der Waals surface area contributed by atoms with Crippen LogP contribution < -0.4 is 0 Å². The SMILES string of the molecule is COC(=O)C1=CO[C@@H](O[C@@H]2O[C@H](CO)[C@@H](O)[C@H](O)[C@H]2O)[C@@H]2[C@H](C)CC(=O)[C@]12O. The number of methoxy groups -OCH3 is 1. The molecule has 0 amide bonds. The van der Waals surface area contributed by atoms with Crippen molar-refractivity contribution in [3.05, 3.63) is 11.8 Å². The minimum absolute atomic E-state index is 0.0482. The Labute approximate surface area is 160 Å². The summed E-state index contributed by atoms with van der Waals surface area (Å²) in [6.45, 7) is 1.01. The third kappa shape index (κ3) is 3.12. The van der Waals surface area contributed by atoms with Crippen LogP contribution in [0.25, 0.3) is 0 Å². The van der Waals surface area contributed by atoms with Crippen molar-refractivity contribution in [2.24, 2.45) is 11.8 Å². The first-order valence-corrected chi connectivity index (χ1v) is 8.82. The van der Waals surface area contributed by atoms with Gasteiger partial charge in [-0.05, 0) is 5.92 Å². The highest BCUT2D eigenvalue weighted by molar-refractivity contribution is 6.04. The molecule has 2 heterocycles. The maximum atomic E-state index is 12.5. The minimum Gasteiger partial charge on any atom is -0.471 e. The van der Waals surface area contributed by atoms with Gasteiger partial charge >= 0.3 is 5.97 Å². The van der Waals surface area contributed by atoms with E-state index < -0.39 is 72.8 Å². The molecule has 11 nitrogen and oxygen atoms in total. The van der Waals surface area contributed by atoms with Crippen LogP contribution in [0.4, 0.5) is 0 Å². The summed E-state index contributed by atoms with van der Waals surface area (Å²) >= 11 is 0. The third-order valence-electron chi connectivity index (χ3n) is 5.57. The maximum absolute atomic E-state index is 12.5. The summed E-state index contributed by atoms with van der Waals surface area (Å²) in [5.41, 5.74) is -2.56. The van der Waals surface area contributed by atoms with Crippen molar-refractivity contribution in [2.75, 3.05) is 13.7 Å². The van der Waals surface area contributed by atoms with Gasteiger partial charge in [0.25, 0.3) is 0 Å². The van der Waals surface area contributed by atoms with Crippen LogP contribution in [0, 0.1) is 11.8 Å². The summed E-state index contributed by atoms with van der Waals surface area (Å²) in [5.74, 6) is -3.01. The number of carbonyl (C=O) groups is 2. The van der Waals surface area contributed by atoms with Crippen LogP contribution >= 0.6 is 0 Å². The molecule has 1 aliphatic carbocycles. The summed E-state index contributed by atoms with van der Waals surface area (Å²) in [5, 5.41) is 50.2. The standard InChI is InChI=1S/C17H24O11/c1-6-3-9(19)17(24)7(14(23)25-2)5-26-15(10(6)17)28-16-13(22)12(21)11(20)8(4-18)27-16/h5-6,8,10-13,15-16,18,20-22,24H,3-4H2,1-2H3/t6-,8-,10+,11-,12+,13-,15+,16+,17-/m1/s1. The zero-order valence-corrected chi connectivity index (χ0v) is 15.3. The van der Waals surface area contributed by atoms with E-state index in [4.69, 9.17) is 14.2 Å². The highest BCUT2D eigenvalue weighted by Gasteiger charge is 2.63. The van der Waals surface area contributed by atoms with Gasteiger partial charge in [-0.3, -0.25) is 4.79 Å². The second-order valence-corrected chi connectivity index (χ2v) is 7.26. The van der Waals surface area contributed by atoms with E-state index in [2.05, 4.69) is 4.74 Å². The number of ketones is 1. The van der Waals surface area contributed by atoms with E-state index in [0.717, 1.165) is 13.4 Å². The first-order chi connectivity index (χ1) is 13.2. The molecule has 0 bridgehead atoms. The fourth-order valence-electron chi connectivity index (χ4n) is 4.02. The second-order valence-electron chi connectivity index (χ2n) is 7.26. The molecular weight excluding hydrogens is 380 g/mol. The Morgan fingerprint density at radius 2 is 1.93 bits per heavy atom. The van der Waals surface area contributed by atoms with Crippen molar-refractivity contribution in [1.82, 2.24) is 0 Å². The minimum atomic E-state index is -2.20. The van der Waals surface area contributed by atoms with Crippen LogP contribution in [0.3, 0.4) is 0 Å². The summed E-state index contributed by atoms with van der Waals surface area (Å²) in [4.78, 5) is 24.5. The lowest BCUT2D eigenvalue weighted by Crippen LogP contribution is -2.61. The van der Waals surface area contributed by atoms with Crippen molar-refractivity contribution >= 4 is 11.8 Å². The van der Waals surface area contributed by atoms with Gasteiger partial charge in [-0.25, -0.2) is 4.79 Å². The molecule has 0 aromatic carbocycles. The zero-order valence-electron chi connectivity index (χ0n) is 15.3. The number of hydrogen-bond acceptors (Lipinski definition) is 11. The quantitative estimate of drug-likeness (QED) is 0.306. The lowest BCUT2D eigenvalue weighted by Gasteiger charge is -2.44. The molecule has 158 valence electrons. The van der Waals surface area contributed by atoms with Gasteiger partial charge in [0, 0.05) is 6.42 Å². The van der Waals surface area contributed by atoms with Crippen LogP contribution in [0.2, 0.25) is 0 Å². The van der Waals surface area contributed by atoms with E-state index in [1.54, 1.807) is 6.92 Å². The average Bonchev–Trinajstić information content (AvgIpc) is 2.91. The predicted octanol–water partition coefficient (Wildman–Crippen LogP) is -2.83. The third-order valence-corrected chi connectivity index (χ3v) is 5.57. The lowest BCUT2D eigenvalue weighted by molar-refractivity contribution is -0.346. The van der Waals surface area contributed by atoms with Crippen molar-refractivity contribution < 1.29 is 54.1 Å². The summed E-state index contributed by atoms with van der Waals surface area (Å²) in [6, 6.07) is 0. The number of ether oxygens (including phenoxy) is 4. The van der Waals surface area contributed by atoms with E-state index in [1.165, 1.54) is 0 Å². The molecule has 2 fully saturated rings. The lowest BCUT2D eigenvalue weighted by atomic mass is 9.79. The normalized spacial score (nSPS) is 45.8. The summed E-state index contributed by atoms with van der Waals surface area (Å²) in [7, 11) is 1.10.